The largest absolute Gasteiger partial charge is 0.381 e. The van der Waals surface area contributed by atoms with Gasteiger partial charge in [-0.05, 0) is 31.4 Å². The van der Waals surface area contributed by atoms with Crippen molar-refractivity contribution in [2.75, 3.05) is 33.4 Å². The minimum Gasteiger partial charge on any atom is -0.381 e. The molecule has 0 aliphatic rings. The van der Waals surface area contributed by atoms with E-state index in [1.54, 1.807) is 7.05 Å². The van der Waals surface area contributed by atoms with Crippen LogP contribution in [-0.4, -0.2) is 49.3 Å². The van der Waals surface area contributed by atoms with Gasteiger partial charge in [0.2, 0.25) is 0 Å². The Hall–Kier alpha value is -1.35. The molecule has 0 spiro atoms. The first kappa shape index (κ1) is 22.7. The number of aromatic nitrogens is 2. The molecule has 0 saturated carbocycles. The number of benzene rings is 1. The molecule has 2 aromatic rings. The third kappa shape index (κ3) is 8.35. The predicted octanol–water partition coefficient (Wildman–Crippen LogP) is 3.49. The van der Waals surface area contributed by atoms with Gasteiger partial charge in [0, 0.05) is 39.8 Å². The molecule has 0 fully saturated rings. The minimum absolute atomic E-state index is 0. The fourth-order valence-corrected chi connectivity index (χ4v) is 2.54. The van der Waals surface area contributed by atoms with Gasteiger partial charge in [-0.2, -0.15) is 0 Å². The predicted molar refractivity (Wildman–Crippen MR) is 120 cm³/mol. The number of guanidine groups is 1. The van der Waals surface area contributed by atoms with E-state index in [2.05, 4.69) is 38.6 Å². The van der Waals surface area contributed by atoms with Crippen LogP contribution in [0.2, 0.25) is 0 Å². The number of unbranched alkanes of at least 4 members (excludes halogenated alkanes) is 1. The molecule has 146 valence electrons. The summed E-state index contributed by atoms with van der Waals surface area (Å²) in [6.45, 7) is 5.58. The molecule has 0 saturated heterocycles. The summed E-state index contributed by atoms with van der Waals surface area (Å²) in [6, 6.07) is 8.13. The number of aliphatic imine (C=N–C) groups is 1. The van der Waals surface area contributed by atoms with E-state index in [-0.39, 0.29) is 24.0 Å². The van der Waals surface area contributed by atoms with E-state index in [0.29, 0.717) is 0 Å². The highest BCUT2D eigenvalue weighted by Gasteiger charge is 2.02. The zero-order chi connectivity index (χ0) is 17.7. The van der Waals surface area contributed by atoms with Gasteiger partial charge in [0.1, 0.15) is 5.82 Å². The van der Waals surface area contributed by atoms with Gasteiger partial charge in [0.05, 0.1) is 11.0 Å². The van der Waals surface area contributed by atoms with E-state index in [0.717, 1.165) is 74.8 Å². The van der Waals surface area contributed by atoms with Crippen molar-refractivity contribution >= 4 is 41.0 Å². The molecular formula is C19H32IN5O. The van der Waals surface area contributed by atoms with Crippen molar-refractivity contribution in [1.29, 1.82) is 0 Å². The van der Waals surface area contributed by atoms with Gasteiger partial charge in [-0.15, -0.1) is 24.0 Å². The van der Waals surface area contributed by atoms with Crippen LogP contribution in [0.4, 0.5) is 0 Å². The Labute approximate surface area is 173 Å². The Balaban J connectivity index is 0.00000338. The summed E-state index contributed by atoms with van der Waals surface area (Å²) in [5.74, 6) is 1.88. The molecule has 0 unspecified atom stereocenters. The summed E-state index contributed by atoms with van der Waals surface area (Å²) in [4.78, 5) is 12.2. The fourth-order valence-electron chi connectivity index (χ4n) is 2.54. The van der Waals surface area contributed by atoms with E-state index in [1.165, 1.54) is 6.42 Å². The summed E-state index contributed by atoms with van der Waals surface area (Å²) < 4.78 is 5.55. The number of aromatic amines is 1. The highest BCUT2D eigenvalue weighted by atomic mass is 127. The molecule has 0 bridgehead atoms. The molecule has 0 aliphatic heterocycles. The number of fused-ring (bicyclic) bond motifs is 1. The Bertz CT molecular complexity index is 611. The van der Waals surface area contributed by atoms with Gasteiger partial charge in [-0.1, -0.05) is 25.5 Å². The molecule has 6 nitrogen and oxygen atoms in total. The summed E-state index contributed by atoms with van der Waals surface area (Å²) in [5, 5.41) is 6.66. The molecule has 0 atom stereocenters. The molecule has 26 heavy (non-hydrogen) atoms. The van der Waals surface area contributed by atoms with Crippen LogP contribution >= 0.6 is 24.0 Å². The first-order valence-corrected chi connectivity index (χ1v) is 9.29. The molecule has 0 aliphatic carbocycles. The highest BCUT2D eigenvalue weighted by Crippen LogP contribution is 2.10. The molecule has 0 amide bonds. The van der Waals surface area contributed by atoms with Gasteiger partial charge >= 0.3 is 0 Å². The number of ether oxygens (including phenoxy) is 1. The van der Waals surface area contributed by atoms with Crippen LogP contribution in [0.1, 0.15) is 38.4 Å². The second-order valence-corrected chi connectivity index (χ2v) is 6.05. The molecule has 0 radical (unpaired) electrons. The van der Waals surface area contributed by atoms with Gasteiger partial charge in [-0.25, -0.2) is 4.98 Å². The third-order valence-electron chi connectivity index (χ3n) is 3.94. The van der Waals surface area contributed by atoms with Crippen molar-refractivity contribution < 1.29 is 4.74 Å². The number of aryl methyl sites for hydroxylation is 1. The van der Waals surface area contributed by atoms with Crippen molar-refractivity contribution in [2.45, 2.75) is 39.0 Å². The second-order valence-electron chi connectivity index (χ2n) is 6.05. The number of imidazole rings is 1. The van der Waals surface area contributed by atoms with Crippen LogP contribution in [0.25, 0.3) is 11.0 Å². The standard InChI is InChI=1S/C19H31N5O.HI/c1-3-4-14-25-15-8-13-22-19(20-2)21-12-7-11-18-23-16-9-5-6-10-17(16)24-18;/h5-6,9-10H,3-4,7-8,11-15H2,1-2H3,(H,23,24)(H2,20,21,22);1H. The number of H-pyrrole nitrogens is 1. The maximum Gasteiger partial charge on any atom is 0.190 e. The highest BCUT2D eigenvalue weighted by molar-refractivity contribution is 14.0. The van der Waals surface area contributed by atoms with Crippen molar-refractivity contribution in [1.82, 2.24) is 20.6 Å². The van der Waals surface area contributed by atoms with Crippen LogP contribution < -0.4 is 10.6 Å². The number of hydrogen-bond donors (Lipinski definition) is 3. The first-order valence-electron chi connectivity index (χ1n) is 9.29. The monoisotopic (exact) mass is 473 g/mol. The van der Waals surface area contributed by atoms with Crippen LogP contribution in [0, 0.1) is 0 Å². The second kappa shape index (κ2) is 13.8. The van der Waals surface area contributed by atoms with Crippen molar-refractivity contribution in [3.8, 4) is 0 Å². The Morgan fingerprint density at radius 1 is 1.12 bits per heavy atom. The van der Waals surface area contributed by atoms with Crippen molar-refractivity contribution in [2.24, 2.45) is 4.99 Å². The average Bonchev–Trinajstić information content (AvgIpc) is 3.05. The van der Waals surface area contributed by atoms with Crippen LogP contribution in [0.15, 0.2) is 29.3 Å². The van der Waals surface area contributed by atoms with E-state index in [9.17, 15) is 0 Å². The zero-order valence-electron chi connectivity index (χ0n) is 15.9. The zero-order valence-corrected chi connectivity index (χ0v) is 18.2. The Morgan fingerprint density at radius 2 is 1.85 bits per heavy atom. The number of rotatable bonds is 11. The number of hydrogen-bond acceptors (Lipinski definition) is 3. The fraction of sp³-hybridized carbons (Fsp3) is 0.579. The van der Waals surface area contributed by atoms with E-state index < -0.39 is 0 Å². The lowest BCUT2D eigenvalue weighted by atomic mass is 10.3. The number of halogens is 1. The molecule has 1 aromatic carbocycles. The summed E-state index contributed by atoms with van der Waals surface area (Å²) in [6.07, 6.45) is 5.23. The minimum atomic E-state index is 0. The maximum atomic E-state index is 5.55. The van der Waals surface area contributed by atoms with E-state index in [1.807, 2.05) is 18.2 Å². The van der Waals surface area contributed by atoms with Crippen LogP contribution in [0.3, 0.4) is 0 Å². The average molecular weight is 473 g/mol. The number of nitrogens with one attached hydrogen (secondary N) is 3. The number of para-hydroxylation sites is 2. The van der Waals surface area contributed by atoms with Gasteiger partial charge < -0.3 is 20.4 Å². The Morgan fingerprint density at radius 3 is 2.58 bits per heavy atom. The van der Waals surface area contributed by atoms with E-state index in [4.69, 9.17) is 4.74 Å². The SMILES string of the molecule is CCCCOCCCNC(=NC)NCCCc1nc2ccccc2[nH]1.I. The third-order valence-corrected chi connectivity index (χ3v) is 3.94. The van der Waals surface area contributed by atoms with Gasteiger partial charge in [-0.3, -0.25) is 4.99 Å². The van der Waals surface area contributed by atoms with Crippen molar-refractivity contribution in [3.63, 3.8) is 0 Å². The summed E-state index contributed by atoms with van der Waals surface area (Å²) in [5.41, 5.74) is 2.13. The van der Waals surface area contributed by atoms with Crippen molar-refractivity contribution in [3.05, 3.63) is 30.1 Å². The smallest absolute Gasteiger partial charge is 0.190 e. The molecule has 7 heteroatoms. The lowest BCUT2D eigenvalue weighted by Gasteiger charge is -2.11. The molecule has 1 heterocycles. The van der Waals surface area contributed by atoms with Gasteiger partial charge in [0.15, 0.2) is 5.96 Å². The molecule has 2 rings (SSSR count). The number of nitrogens with zero attached hydrogens (tertiary/aromatic N) is 2. The Kier molecular flexibility index (Phi) is 12.0. The van der Waals surface area contributed by atoms with Crippen LogP contribution in [0.5, 0.6) is 0 Å². The van der Waals surface area contributed by atoms with Gasteiger partial charge in [0.25, 0.3) is 0 Å². The summed E-state index contributed by atoms with van der Waals surface area (Å²) in [7, 11) is 1.80. The molecule has 3 N–H and O–H groups in total. The molecule has 1 aromatic heterocycles. The van der Waals surface area contributed by atoms with E-state index >= 15 is 0 Å². The maximum absolute atomic E-state index is 5.55. The first-order chi connectivity index (χ1) is 12.3. The lowest BCUT2D eigenvalue weighted by Crippen LogP contribution is -2.38. The summed E-state index contributed by atoms with van der Waals surface area (Å²) >= 11 is 0. The normalized spacial score (nSPS) is 11.4. The van der Waals surface area contributed by atoms with Crippen LogP contribution in [-0.2, 0) is 11.2 Å². The topological polar surface area (TPSA) is 74.3 Å². The quantitative estimate of drug-likeness (QED) is 0.202. The lowest BCUT2D eigenvalue weighted by molar-refractivity contribution is 0.129. The molecular weight excluding hydrogens is 441 g/mol.